The smallest absolute Gasteiger partial charge is 0.242 e. The normalized spacial score (nSPS) is 18.2. The van der Waals surface area contributed by atoms with Gasteiger partial charge in [0.15, 0.2) is 0 Å². The fourth-order valence-corrected chi connectivity index (χ4v) is 2.11. The second-order valence-electron chi connectivity index (χ2n) is 4.73. The number of hydrogen-bond acceptors (Lipinski definition) is 3. The molecule has 5 heteroatoms. The average molecular weight is 261 g/mol. The van der Waals surface area contributed by atoms with E-state index in [-0.39, 0.29) is 17.9 Å². The van der Waals surface area contributed by atoms with Crippen LogP contribution < -0.4 is 16.4 Å². The van der Waals surface area contributed by atoms with Crippen LogP contribution in [0.2, 0.25) is 0 Å². The summed E-state index contributed by atoms with van der Waals surface area (Å²) in [4.78, 5) is 22.8. The molecule has 1 aliphatic heterocycles. The van der Waals surface area contributed by atoms with Gasteiger partial charge in [-0.05, 0) is 30.5 Å². The van der Waals surface area contributed by atoms with Crippen LogP contribution in [0.1, 0.15) is 24.0 Å². The van der Waals surface area contributed by atoms with Crippen LogP contribution in [0.4, 0.5) is 0 Å². The van der Waals surface area contributed by atoms with Crippen LogP contribution in [0, 0.1) is 0 Å². The Kier molecular flexibility index (Phi) is 4.52. The van der Waals surface area contributed by atoms with Gasteiger partial charge in [0.25, 0.3) is 0 Å². The number of carbonyl (C=O) groups excluding carboxylic acids is 2. The van der Waals surface area contributed by atoms with Gasteiger partial charge < -0.3 is 16.4 Å². The van der Waals surface area contributed by atoms with Crippen molar-refractivity contribution < 1.29 is 9.59 Å². The van der Waals surface area contributed by atoms with Crippen LogP contribution in [0.3, 0.4) is 0 Å². The Bertz CT molecular complexity index is 456. The highest BCUT2D eigenvalue weighted by atomic mass is 16.2. The number of nitrogens with one attached hydrogen (secondary N) is 2. The summed E-state index contributed by atoms with van der Waals surface area (Å²) in [5, 5.41) is 5.49. The predicted molar refractivity (Wildman–Crippen MR) is 72.2 cm³/mol. The number of nitrogens with two attached hydrogens (primary N) is 1. The van der Waals surface area contributed by atoms with Gasteiger partial charge in [0.2, 0.25) is 11.8 Å². The molecule has 1 aliphatic rings. The second kappa shape index (κ2) is 6.33. The zero-order valence-electron chi connectivity index (χ0n) is 10.8. The summed E-state index contributed by atoms with van der Waals surface area (Å²) >= 11 is 0. The van der Waals surface area contributed by atoms with Crippen LogP contribution >= 0.6 is 0 Å². The molecule has 0 aromatic heterocycles. The molecule has 1 heterocycles. The molecule has 0 saturated carbocycles. The first-order chi connectivity index (χ1) is 9.19. The molecule has 19 heavy (non-hydrogen) atoms. The lowest BCUT2D eigenvalue weighted by Gasteiger charge is -2.11. The Morgan fingerprint density at radius 3 is 2.58 bits per heavy atom. The van der Waals surface area contributed by atoms with Crippen molar-refractivity contribution in [3.8, 4) is 0 Å². The Labute approximate surface area is 112 Å². The quantitative estimate of drug-likeness (QED) is 0.702. The topological polar surface area (TPSA) is 84.2 Å². The minimum atomic E-state index is -0.371. The summed E-state index contributed by atoms with van der Waals surface area (Å²) in [5.41, 5.74) is 7.72. The summed E-state index contributed by atoms with van der Waals surface area (Å²) in [7, 11) is 0. The molecular formula is C14H19N3O2. The van der Waals surface area contributed by atoms with Crippen molar-refractivity contribution >= 4 is 11.8 Å². The molecule has 1 fully saturated rings. The van der Waals surface area contributed by atoms with Crippen molar-refractivity contribution in [2.75, 3.05) is 6.54 Å². The van der Waals surface area contributed by atoms with Gasteiger partial charge in [-0.25, -0.2) is 0 Å². The summed E-state index contributed by atoms with van der Waals surface area (Å²) in [5.74, 6) is -0.164. The van der Waals surface area contributed by atoms with Crippen LogP contribution in [-0.2, 0) is 22.6 Å². The van der Waals surface area contributed by atoms with E-state index in [1.54, 1.807) is 0 Å². The molecule has 1 unspecified atom stereocenters. The van der Waals surface area contributed by atoms with Crippen molar-refractivity contribution in [2.24, 2.45) is 5.73 Å². The molecule has 102 valence electrons. The molecular weight excluding hydrogens is 242 g/mol. The summed E-state index contributed by atoms with van der Waals surface area (Å²) in [6.07, 6.45) is 1.88. The average Bonchev–Trinajstić information content (AvgIpc) is 2.85. The van der Waals surface area contributed by atoms with Gasteiger partial charge in [0, 0.05) is 13.0 Å². The Morgan fingerprint density at radius 1 is 1.32 bits per heavy atom. The number of rotatable bonds is 5. The molecule has 5 nitrogen and oxygen atoms in total. The SMILES string of the molecule is NCCc1ccc(CNC(=O)C2CCC(=O)N2)cc1. The minimum Gasteiger partial charge on any atom is -0.350 e. The maximum Gasteiger partial charge on any atom is 0.242 e. The van der Waals surface area contributed by atoms with Gasteiger partial charge in [0.1, 0.15) is 6.04 Å². The van der Waals surface area contributed by atoms with E-state index in [9.17, 15) is 9.59 Å². The third-order valence-electron chi connectivity index (χ3n) is 3.23. The molecule has 0 aliphatic carbocycles. The van der Waals surface area contributed by atoms with Crippen LogP contribution in [0.25, 0.3) is 0 Å². The predicted octanol–water partition coefficient (Wildman–Crippen LogP) is 0.0826. The number of carbonyl (C=O) groups is 2. The highest BCUT2D eigenvalue weighted by Crippen LogP contribution is 2.08. The van der Waals surface area contributed by atoms with Gasteiger partial charge >= 0.3 is 0 Å². The first-order valence-electron chi connectivity index (χ1n) is 6.54. The van der Waals surface area contributed by atoms with Crippen LogP contribution in [0.5, 0.6) is 0 Å². The van der Waals surface area contributed by atoms with Gasteiger partial charge in [-0.1, -0.05) is 24.3 Å². The van der Waals surface area contributed by atoms with Crippen molar-refractivity contribution in [1.29, 1.82) is 0 Å². The van der Waals surface area contributed by atoms with E-state index in [2.05, 4.69) is 10.6 Å². The standard InChI is InChI=1S/C14H19N3O2/c15-8-7-10-1-3-11(4-2-10)9-16-14(19)12-5-6-13(18)17-12/h1-4,12H,5-9,15H2,(H,16,19)(H,17,18). The number of benzene rings is 1. The minimum absolute atomic E-state index is 0.0497. The Morgan fingerprint density at radius 2 is 2.00 bits per heavy atom. The van der Waals surface area contributed by atoms with E-state index in [0.29, 0.717) is 25.9 Å². The maximum absolute atomic E-state index is 11.8. The van der Waals surface area contributed by atoms with Crippen molar-refractivity contribution in [3.05, 3.63) is 35.4 Å². The van der Waals surface area contributed by atoms with E-state index < -0.39 is 0 Å². The molecule has 1 saturated heterocycles. The van der Waals surface area contributed by atoms with Gasteiger partial charge in [-0.15, -0.1) is 0 Å². The molecule has 4 N–H and O–H groups in total. The third-order valence-corrected chi connectivity index (χ3v) is 3.23. The molecule has 0 spiro atoms. The van der Waals surface area contributed by atoms with Crippen LogP contribution in [0.15, 0.2) is 24.3 Å². The molecule has 1 atom stereocenters. The molecule has 1 aromatic carbocycles. The maximum atomic E-state index is 11.8. The van der Waals surface area contributed by atoms with E-state index in [1.165, 1.54) is 5.56 Å². The molecule has 2 rings (SSSR count). The molecule has 0 radical (unpaired) electrons. The molecule has 1 aromatic rings. The monoisotopic (exact) mass is 261 g/mol. The summed E-state index contributed by atoms with van der Waals surface area (Å²) < 4.78 is 0. The van der Waals surface area contributed by atoms with Gasteiger partial charge in [0.05, 0.1) is 0 Å². The van der Waals surface area contributed by atoms with Crippen LogP contribution in [-0.4, -0.2) is 24.4 Å². The lowest BCUT2D eigenvalue weighted by atomic mass is 10.1. The third kappa shape index (κ3) is 3.79. The highest BCUT2D eigenvalue weighted by molar-refractivity contribution is 5.90. The summed E-state index contributed by atoms with van der Waals surface area (Å²) in [6, 6.07) is 7.64. The van der Waals surface area contributed by atoms with Crippen molar-refractivity contribution in [2.45, 2.75) is 31.8 Å². The fourth-order valence-electron chi connectivity index (χ4n) is 2.11. The number of amides is 2. The fraction of sp³-hybridized carbons (Fsp3) is 0.429. The van der Waals surface area contributed by atoms with E-state index in [4.69, 9.17) is 5.73 Å². The van der Waals surface area contributed by atoms with Gasteiger partial charge in [-0.3, -0.25) is 9.59 Å². The van der Waals surface area contributed by atoms with Gasteiger partial charge in [-0.2, -0.15) is 0 Å². The Hall–Kier alpha value is -1.88. The summed E-state index contributed by atoms with van der Waals surface area (Å²) in [6.45, 7) is 1.12. The first kappa shape index (κ1) is 13.5. The van der Waals surface area contributed by atoms with E-state index in [1.807, 2.05) is 24.3 Å². The highest BCUT2D eigenvalue weighted by Gasteiger charge is 2.26. The molecule has 2 amide bonds. The first-order valence-corrected chi connectivity index (χ1v) is 6.54. The lowest BCUT2D eigenvalue weighted by Crippen LogP contribution is -2.41. The van der Waals surface area contributed by atoms with Crippen molar-refractivity contribution in [1.82, 2.24) is 10.6 Å². The lowest BCUT2D eigenvalue weighted by molar-refractivity contribution is -0.125. The molecule has 0 bridgehead atoms. The van der Waals surface area contributed by atoms with E-state index >= 15 is 0 Å². The van der Waals surface area contributed by atoms with Crippen molar-refractivity contribution in [3.63, 3.8) is 0 Å². The number of hydrogen-bond donors (Lipinski definition) is 3. The largest absolute Gasteiger partial charge is 0.350 e. The second-order valence-corrected chi connectivity index (χ2v) is 4.73. The zero-order valence-corrected chi connectivity index (χ0v) is 10.8. The zero-order chi connectivity index (χ0) is 13.7. The Balaban J connectivity index is 1.81. The van der Waals surface area contributed by atoms with E-state index in [0.717, 1.165) is 12.0 Å².